The molecule has 5 atom stereocenters. The summed E-state index contributed by atoms with van der Waals surface area (Å²) in [7, 11) is 0. The molecule has 0 heterocycles. The first-order valence-electron chi connectivity index (χ1n) is 5.55. The molecule has 19 heavy (non-hydrogen) atoms. The third-order valence-corrected chi connectivity index (χ3v) is 4.21. The van der Waals surface area contributed by atoms with Crippen molar-refractivity contribution in [1.82, 2.24) is 0 Å². The van der Waals surface area contributed by atoms with Crippen molar-refractivity contribution in [2.24, 2.45) is 17.8 Å². The minimum absolute atomic E-state index is 0.189. The van der Waals surface area contributed by atoms with Crippen LogP contribution in [0.1, 0.15) is 13.3 Å². The van der Waals surface area contributed by atoms with Crippen molar-refractivity contribution in [2.75, 3.05) is 0 Å². The molecule has 8 heteroatoms. The molecule has 1 saturated carbocycles. The predicted molar refractivity (Wildman–Crippen MR) is 50.8 cm³/mol. The van der Waals surface area contributed by atoms with Gasteiger partial charge in [0.25, 0.3) is 0 Å². The van der Waals surface area contributed by atoms with Gasteiger partial charge in [0, 0.05) is 5.92 Å². The van der Waals surface area contributed by atoms with E-state index in [0.717, 1.165) is 12.2 Å². The van der Waals surface area contributed by atoms with Gasteiger partial charge in [-0.2, -0.15) is 26.3 Å². The normalized spacial score (nSPS) is 41.6. The number of allylic oxidation sites excluding steroid dienone is 2. The number of hydrogen-bond donors (Lipinski definition) is 1. The minimum Gasteiger partial charge on any atom is -0.378 e. The highest BCUT2D eigenvalue weighted by Crippen LogP contribution is 2.63. The Balaban J connectivity index is 2.42. The van der Waals surface area contributed by atoms with Gasteiger partial charge in [-0.05, 0) is 19.3 Å². The van der Waals surface area contributed by atoms with E-state index < -0.39 is 47.8 Å². The maximum atomic E-state index is 14.5. The van der Waals surface area contributed by atoms with Crippen LogP contribution < -0.4 is 0 Å². The second kappa shape index (κ2) is 3.65. The van der Waals surface area contributed by atoms with E-state index in [2.05, 4.69) is 0 Å². The average Bonchev–Trinajstić information content (AvgIpc) is 2.69. The van der Waals surface area contributed by atoms with Crippen LogP contribution in [0.3, 0.4) is 0 Å². The van der Waals surface area contributed by atoms with E-state index in [1.165, 1.54) is 0 Å². The van der Waals surface area contributed by atoms with Crippen LogP contribution in [0, 0.1) is 17.8 Å². The highest BCUT2D eigenvalue weighted by molar-refractivity contribution is 5.26. The summed E-state index contributed by atoms with van der Waals surface area (Å²) in [6, 6.07) is 0. The maximum Gasteiger partial charge on any atom is 0.420 e. The van der Waals surface area contributed by atoms with E-state index >= 15 is 0 Å². The molecule has 2 aliphatic carbocycles. The first-order valence-corrected chi connectivity index (χ1v) is 5.55. The highest BCUT2D eigenvalue weighted by atomic mass is 19.4. The van der Waals surface area contributed by atoms with E-state index in [9.17, 15) is 35.8 Å². The summed E-state index contributed by atoms with van der Waals surface area (Å²) in [6.07, 6.45) is -9.24. The summed E-state index contributed by atoms with van der Waals surface area (Å²) < 4.78 is 90.9. The van der Waals surface area contributed by atoms with Crippen molar-refractivity contribution in [1.29, 1.82) is 0 Å². The Morgan fingerprint density at radius 3 is 2.00 bits per heavy atom. The molecule has 2 bridgehead atoms. The predicted octanol–water partition coefficient (Wildman–Crippen LogP) is 3.39. The maximum absolute atomic E-state index is 14.5. The van der Waals surface area contributed by atoms with Gasteiger partial charge in [0.1, 0.15) is 0 Å². The van der Waals surface area contributed by atoms with E-state index in [-0.39, 0.29) is 6.92 Å². The summed E-state index contributed by atoms with van der Waals surface area (Å²) in [4.78, 5) is 0. The lowest BCUT2D eigenvalue weighted by Gasteiger charge is -2.41. The van der Waals surface area contributed by atoms with Gasteiger partial charge in [-0.3, -0.25) is 0 Å². The monoisotopic (exact) mass is 292 g/mol. The smallest absolute Gasteiger partial charge is 0.378 e. The van der Waals surface area contributed by atoms with Gasteiger partial charge in [0.15, 0.2) is 11.3 Å². The molecule has 4 unspecified atom stereocenters. The number of halogens is 7. The topological polar surface area (TPSA) is 20.2 Å². The van der Waals surface area contributed by atoms with Crippen LogP contribution in [0.5, 0.6) is 0 Å². The molecule has 1 nitrogen and oxygen atoms in total. The molecule has 2 aliphatic rings. The fourth-order valence-corrected chi connectivity index (χ4v) is 3.08. The van der Waals surface area contributed by atoms with Gasteiger partial charge >= 0.3 is 12.4 Å². The van der Waals surface area contributed by atoms with Crippen LogP contribution in [0.2, 0.25) is 0 Å². The van der Waals surface area contributed by atoms with E-state index in [1.807, 2.05) is 0 Å². The van der Waals surface area contributed by atoms with Crippen molar-refractivity contribution in [3.8, 4) is 0 Å². The van der Waals surface area contributed by atoms with E-state index in [0.29, 0.717) is 0 Å². The van der Waals surface area contributed by atoms with Crippen molar-refractivity contribution >= 4 is 0 Å². The summed E-state index contributed by atoms with van der Waals surface area (Å²) in [5.74, 6) is -5.57. The molecule has 0 spiro atoms. The molecule has 2 rings (SSSR count). The molecule has 0 radical (unpaired) electrons. The molecule has 0 aromatic heterocycles. The standard InChI is InChI=1S/C11H11F7O/c1-8(19,11(16,17)18)9(12)4-5-2-3-6(9)7(5)10(13,14)15/h2-3,5-7,19H,4H2,1H3/t5?,6?,7-,8?,9?/m1/s1. The van der Waals surface area contributed by atoms with Crippen LogP contribution in [0.4, 0.5) is 30.7 Å². The number of hydrogen-bond acceptors (Lipinski definition) is 1. The number of rotatable bonds is 1. The van der Waals surface area contributed by atoms with Gasteiger partial charge in [0.2, 0.25) is 0 Å². The number of alkyl halides is 7. The molecule has 0 aliphatic heterocycles. The van der Waals surface area contributed by atoms with Crippen molar-refractivity contribution in [2.45, 2.75) is 37.0 Å². The number of fused-ring (bicyclic) bond motifs is 2. The molecular weight excluding hydrogens is 281 g/mol. The Bertz CT molecular complexity index is 408. The molecule has 1 fully saturated rings. The zero-order valence-electron chi connectivity index (χ0n) is 9.69. The molecule has 0 amide bonds. The largest absolute Gasteiger partial charge is 0.420 e. The Hall–Kier alpha value is -0.790. The van der Waals surface area contributed by atoms with Crippen LogP contribution in [-0.4, -0.2) is 28.7 Å². The zero-order valence-corrected chi connectivity index (χ0v) is 9.69. The highest BCUT2D eigenvalue weighted by Gasteiger charge is 2.75. The van der Waals surface area contributed by atoms with Crippen LogP contribution in [0.25, 0.3) is 0 Å². The SMILES string of the molecule is CC(O)(C(F)(F)F)C1(F)CC2C=CC1[C@@H]2C(F)(F)F. The number of aliphatic hydroxyl groups is 1. The van der Waals surface area contributed by atoms with Gasteiger partial charge in [0.05, 0.1) is 5.92 Å². The molecule has 1 N–H and O–H groups in total. The lowest BCUT2D eigenvalue weighted by atomic mass is 9.75. The van der Waals surface area contributed by atoms with Crippen molar-refractivity contribution < 1.29 is 35.8 Å². The van der Waals surface area contributed by atoms with Gasteiger partial charge in [-0.15, -0.1) is 0 Å². The summed E-state index contributed by atoms with van der Waals surface area (Å²) in [5, 5.41) is 9.41. The van der Waals surface area contributed by atoms with Gasteiger partial charge < -0.3 is 5.11 Å². The lowest BCUT2D eigenvalue weighted by molar-refractivity contribution is -0.304. The van der Waals surface area contributed by atoms with Crippen molar-refractivity contribution in [3.63, 3.8) is 0 Å². The molecule has 0 aromatic rings. The van der Waals surface area contributed by atoms with Crippen molar-refractivity contribution in [3.05, 3.63) is 12.2 Å². The fourth-order valence-electron chi connectivity index (χ4n) is 3.08. The second-order valence-corrected chi connectivity index (χ2v) is 5.28. The Morgan fingerprint density at radius 1 is 1.11 bits per heavy atom. The Kier molecular flexibility index (Phi) is 2.81. The first-order chi connectivity index (χ1) is 8.32. The Labute approximate surface area is 104 Å². The third kappa shape index (κ3) is 1.79. The zero-order chi connectivity index (χ0) is 14.9. The minimum atomic E-state index is -5.34. The first kappa shape index (κ1) is 14.6. The van der Waals surface area contributed by atoms with Crippen LogP contribution in [-0.2, 0) is 0 Å². The lowest BCUT2D eigenvalue weighted by Crippen LogP contribution is -2.61. The van der Waals surface area contributed by atoms with E-state index in [1.54, 1.807) is 0 Å². The summed E-state index contributed by atoms with van der Waals surface area (Å²) >= 11 is 0. The molecule has 0 aromatic carbocycles. The average molecular weight is 292 g/mol. The van der Waals surface area contributed by atoms with Gasteiger partial charge in [-0.1, -0.05) is 12.2 Å². The third-order valence-electron chi connectivity index (χ3n) is 4.21. The molecule has 0 saturated heterocycles. The van der Waals surface area contributed by atoms with Crippen LogP contribution in [0.15, 0.2) is 12.2 Å². The van der Waals surface area contributed by atoms with Gasteiger partial charge in [-0.25, -0.2) is 4.39 Å². The van der Waals surface area contributed by atoms with Crippen LogP contribution >= 0.6 is 0 Å². The summed E-state index contributed by atoms with van der Waals surface area (Å²) in [6.45, 7) is 0.189. The fraction of sp³-hybridized carbons (Fsp3) is 0.818. The second-order valence-electron chi connectivity index (χ2n) is 5.28. The molecular formula is C11H11F7O. The Morgan fingerprint density at radius 2 is 1.63 bits per heavy atom. The van der Waals surface area contributed by atoms with E-state index in [4.69, 9.17) is 0 Å². The quantitative estimate of drug-likeness (QED) is 0.580. The molecule has 110 valence electrons. The summed E-state index contributed by atoms with van der Waals surface area (Å²) in [5.41, 5.74) is -7.17.